The van der Waals surface area contributed by atoms with Crippen LogP contribution in [0.2, 0.25) is 0 Å². The average Bonchev–Trinajstić information content (AvgIpc) is 3.03. The van der Waals surface area contributed by atoms with Gasteiger partial charge in [0.05, 0.1) is 0 Å². The van der Waals surface area contributed by atoms with Crippen LogP contribution in [0.25, 0.3) is 0 Å². The van der Waals surface area contributed by atoms with Crippen LogP contribution in [0.15, 0.2) is 0 Å². The Morgan fingerprint density at radius 1 is 1.38 bits per heavy atom. The molecular formula is C11H20N2O3. The van der Waals surface area contributed by atoms with Gasteiger partial charge in [0.15, 0.2) is 0 Å². The molecule has 1 aliphatic rings. The molecule has 5 nitrogen and oxygen atoms in total. The molecule has 0 aromatic rings. The summed E-state index contributed by atoms with van der Waals surface area (Å²) in [5, 5.41) is 13.9. The molecule has 0 heterocycles. The maximum absolute atomic E-state index is 11.4. The minimum absolute atomic E-state index is 0.280. The Hall–Kier alpha value is -1.26. The maximum Gasteiger partial charge on any atom is 0.326 e. The Balaban J connectivity index is 2.27. The third-order valence-corrected chi connectivity index (χ3v) is 3.34. The van der Waals surface area contributed by atoms with Crippen molar-refractivity contribution in [3.8, 4) is 0 Å². The Labute approximate surface area is 95.6 Å². The molecule has 0 spiro atoms. The summed E-state index contributed by atoms with van der Waals surface area (Å²) in [6.45, 7) is 4.48. The van der Waals surface area contributed by atoms with E-state index in [1.165, 1.54) is 0 Å². The SMILES string of the molecule is CCC(NC(=O)NCC1(CC)CC1)C(=O)O. The van der Waals surface area contributed by atoms with E-state index >= 15 is 0 Å². The molecule has 0 aliphatic heterocycles. The topological polar surface area (TPSA) is 78.4 Å². The number of carboxylic acid groups (broad SMARTS) is 1. The zero-order valence-corrected chi connectivity index (χ0v) is 9.88. The van der Waals surface area contributed by atoms with Crippen LogP contribution < -0.4 is 10.6 Å². The highest BCUT2D eigenvalue weighted by atomic mass is 16.4. The monoisotopic (exact) mass is 228 g/mol. The van der Waals surface area contributed by atoms with Gasteiger partial charge in [0.2, 0.25) is 0 Å². The fourth-order valence-electron chi connectivity index (χ4n) is 1.65. The molecule has 1 atom stereocenters. The molecule has 1 unspecified atom stereocenters. The number of hydrogen-bond donors (Lipinski definition) is 3. The number of amides is 2. The van der Waals surface area contributed by atoms with Gasteiger partial charge >= 0.3 is 12.0 Å². The summed E-state index contributed by atoms with van der Waals surface area (Å²) in [6, 6.07) is -1.18. The molecule has 16 heavy (non-hydrogen) atoms. The summed E-state index contributed by atoms with van der Waals surface area (Å²) in [5.41, 5.74) is 0.280. The number of carboxylic acids is 1. The lowest BCUT2D eigenvalue weighted by Gasteiger charge is -2.16. The molecule has 0 saturated heterocycles. The van der Waals surface area contributed by atoms with Crippen molar-refractivity contribution >= 4 is 12.0 Å². The van der Waals surface area contributed by atoms with Crippen LogP contribution in [0.4, 0.5) is 4.79 Å². The van der Waals surface area contributed by atoms with Crippen LogP contribution in [0.3, 0.4) is 0 Å². The molecule has 1 saturated carbocycles. The van der Waals surface area contributed by atoms with E-state index in [-0.39, 0.29) is 11.4 Å². The zero-order valence-electron chi connectivity index (χ0n) is 9.88. The number of carbonyl (C=O) groups excluding carboxylic acids is 1. The normalized spacial score (nSPS) is 18.6. The number of carbonyl (C=O) groups is 2. The summed E-state index contributed by atoms with van der Waals surface area (Å²) >= 11 is 0. The van der Waals surface area contributed by atoms with Crippen LogP contribution in [-0.2, 0) is 4.79 Å². The Morgan fingerprint density at radius 3 is 2.38 bits per heavy atom. The van der Waals surface area contributed by atoms with Crippen molar-refractivity contribution in [1.29, 1.82) is 0 Å². The minimum atomic E-state index is -0.991. The lowest BCUT2D eigenvalue weighted by atomic mass is 10.0. The number of hydrogen-bond acceptors (Lipinski definition) is 2. The Kier molecular flexibility index (Phi) is 4.15. The van der Waals surface area contributed by atoms with E-state index in [9.17, 15) is 9.59 Å². The van der Waals surface area contributed by atoms with Crippen LogP contribution in [0.5, 0.6) is 0 Å². The molecule has 1 aliphatic carbocycles. The minimum Gasteiger partial charge on any atom is -0.480 e. The third kappa shape index (κ3) is 3.40. The molecule has 0 bridgehead atoms. The molecule has 3 N–H and O–H groups in total. The van der Waals surface area contributed by atoms with Gasteiger partial charge in [-0.2, -0.15) is 0 Å². The van der Waals surface area contributed by atoms with E-state index in [0.29, 0.717) is 13.0 Å². The molecule has 1 fully saturated rings. The summed E-state index contributed by atoms with van der Waals surface area (Å²) in [4.78, 5) is 22.1. The van der Waals surface area contributed by atoms with Crippen molar-refractivity contribution in [3.05, 3.63) is 0 Å². The highest BCUT2D eigenvalue weighted by molar-refractivity contribution is 5.82. The second kappa shape index (κ2) is 5.18. The van der Waals surface area contributed by atoms with E-state index in [0.717, 1.165) is 19.3 Å². The third-order valence-electron chi connectivity index (χ3n) is 3.34. The zero-order chi connectivity index (χ0) is 12.2. The molecule has 0 aromatic carbocycles. The average molecular weight is 228 g/mol. The predicted molar refractivity (Wildman–Crippen MR) is 60.2 cm³/mol. The van der Waals surface area contributed by atoms with Gasteiger partial charge in [0.1, 0.15) is 6.04 Å². The van der Waals surface area contributed by atoms with Crippen molar-refractivity contribution < 1.29 is 14.7 Å². The lowest BCUT2D eigenvalue weighted by molar-refractivity contribution is -0.139. The van der Waals surface area contributed by atoms with Crippen molar-refractivity contribution in [3.63, 3.8) is 0 Å². The second-order valence-corrected chi connectivity index (χ2v) is 4.48. The first kappa shape index (κ1) is 12.8. The van der Waals surface area contributed by atoms with Gasteiger partial charge in [0, 0.05) is 6.54 Å². The van der Waals surface area contributed by atoms with Gasteiger partial charge in [-0.05, 0) is 31.1 Å². The maximum atomic E-state index is 11.4. The van der Waals surface area contributed by atoms with E-state index < -0.39 is 12.0 Å². The predicted octanol–water partition coefficient (Wildman–Crippen LogP) is 1.34. The number of urea groups is 1. The van der Waals surface area contributed by atoms with Crippen LogP contribution in [-0.4, -0.2) is 29.7 Å². The van der Waals surface area contributed by atoms with E-state index in [2.05, 4.69) is 17.6 Å². The number of rotatable bonds is 6. The van der Waals surface area contributed by atoms with Gasteiger partial charge in [-0.15, -0.1) is 0 Å². The number of aliphatic carboxylic acids is 1. The first-order chi connectivity index (χ1) is 7.53. The van der Waals surface area contributed by atoms with E-state index in [1.54, 1.807) is 6.92 Å². The summed E-state index contributed by atoms with van der Waals surface area (Å²) in [6.07, 6.45) is 3.75. The molecule has 1 rings (SSSR count). The van der Waals surface area contributed by atoms with Gasteiger partial charge in [-0.1, -0.05) is 13.8 Å². The second-order valence-electron chi connectivity index (χ2n) is 4.48. The van der Waals surface area contributed by atoms with Gasteiger partial charge in [-0.25, -0.2) is 9.59 Å². The van der Waals surface area contributed by atoms with Crippen molar-refractivity contribution in [1.82, 2.24) is 10.6 Å². The van der Waals surface area contributed by atoms with E-state index in [1.807, 2.05) is 0 Å². The molecule has 2 amide bonds. The van der Waals surface area contributed by atoms with Crippen molar-refractivity contribution in [2.45, 2.75) is 45.6 Å². The molecule has 0 aromatic heterocycles. The highest BCUT2D eigenvalue weighted by Crippen LogP contribution is 2.47. The van der Waals surface area contributed by atoms with E-state index in [4.69, 9.17) is 5.11 Å². The quantitative estimate of drug-likeness (QED) is 0.642. The largest absolute Gasteiger partial charge is 0.480 e. The summed E-state index contributed by atoms with van der Waals surface area (Å²) in [7, 11) is 0. The van der Waals surface area contributed by atoms with Crippen molar-refractivity contribution in [2.75, 3.05) is 6.54 Å². The summed E-state index contributed by atoms with van der Waals surface area (Å²) in [5.74, 6) is -0.991. The molecule has 92 valence electrons. The number of nitrogens with one attached hydrogen (secondary N) is 2. The van der Waals surface area contributed by atoms with Gasteiger partial charge in [0.25, 0.3) is 0 Å². The van der Waals surface area contributed by atoms with Gasteiger partial charge < -0.3 is 15.7 Å². The smallest absolute Gasteiger partial charge is 0.326 e. The first-order valence-corrected chi connectivity index (χ1v) is 5.80. The van der Waals surface area contributed by atoms with Crippen LogP contribution in [0, 0.1) is 5.41 Å². The van der Waals surface area contributed by atoms with Gasteiger partial charge in [-0.3, -0.25) is 0 Å². The summed E-state index contributed by atoms with van der Waals surface area (Å²) < 4.78 is 0. The molecular weight excluding hydrogens is 208 g/mol. The van der Waals surface area contributed by atoms with Crippen LogP contribution >= 0.6 is 0 Å². The Bertz CT molecular complexity index is 274. The standard InChI is InChI=1S/C11H20N2O3/c1-3-8(9(14)15)13-10(16)12-7-11(4-2)5-6-11/h8H,3-7H2,1-2H3,(H,14,15)(H2,12,13,16). The Morgan fingerprint density at radius 2 is 2.00 bits per heavy atom. The lowest BCUT2D eigenvalue weighted by Crippen LogP contribution is -2.46. The highest BCUT2D eigenvalue weighted by Gasteiger charge is 2.40. The molecule has 5 heteroatoms. The first-order valence-electron chi connectivity index (χ1n) is 5.80. The molecule has 0 radical (unpaired) electrons. The fraction of sp³-hybridized carbons (Fsp3) is 0.818. The van der Waals surface area contributed by atoms with Crippen molar-refractivity contribution in [2.24, 2.45) is 5.41 Å². The fourth-order valence-corrected chi connectivity index (χ4v) is 1.65. The van der Waals surface area contributed by atoms with Crippen LogP contribution in [0.1, 0.15) is 39.5 Å².